The minimum Gasteiger partial charge on any atom is -0.423 e. The van der Waals surface area contributed by atoms with E-state index in [4.69, 9.17) is 4.42 Å². The maximum absolute atomic E-state index is 12.0. The van der Waals surface area contributed by atoms with E-state index in [0.717, 1.165) is 55.8 Å². The fourth-order valence-corrected chi connectivity index (χ4v) is 4.33. The van der Waals surface area contributed by atoms with Gasteiger partial charge >= 0.3 is 5.63 Å². The Kier molecular flexibility index (Phi) is 4.94. The number of aryl methyl sites for hydroxylation is 2. The third-order valence-corrected chi connectivity index (χ3v) is 6.12. The molecule has 4 nitrogen and oxygen atoms in total. The van der Waals surface area contributed by atoms with Crippen LogP contribution < -0.4 is 5.63 Å². The molecule has 0 saturated carbocycles. The second kappa shape index (κ2) is 7.35. The van der Waals surface area contributed by atoms with Gasteiger partial charge in [0.2, 0.25) is 0 Å². The van der Waals surface area contributed by atoms with E-state index in [1.165, 1.54) is 10.4 Å². The summed E-state index contributed by atoms with van der Waals surface area (Å²) in [6.45, 7) is 10.2. The smallest absolute Gasteiger partial charge is 0.336 e. The van der Waals surface area contributed by atoms with Gasteiger partial charge in [0, 0.05) is 55.6 Å². The summed E-state index contributed by atoms with van der Waals surface area (Å²) in [5.74, 6) is 0. The first-order chi connectivity index (χ1) is 12.6. The molecule has 0 aliphatic carbocycles. The van der Waals surface area contributed by atoms with Gasteiger partial charge in [-0.15, -0.1) is 11.3 Å². The highest BCUT2D eigenvalue weighted by Crippen LogP contribution is 2.23. The zero-order valence-electron chi connectivity index (χ0n) is 15.3. The lowest BCUT2D eigenvalue weighted by molar-refractivity contribution is 0.123. The summed E-state index contributed by atoms with van der Waals surface area (Å²) in [6, 6.07) is 10.1. The molecule has 0 radical (unpaired) electrons. The predicted molar refractivity (Wildman–Crippen MR) is 107 cm³/mol. The van der Waals surface area contributed by atoms with Crippen LogP contribution in [0.25, 0.3) is 11.0 Å². The van der Waals surface area contributed by atoms with E-state index >= 15 is 0 Å². The topological polar surface area (TPSA) is 36.7 Å². The molecule has 0 amide bonds. The van der Waals surface area contributed by atoms with Gasteiger partial charge in [0.25, 0.3) is 0 Å². The molecule has 0 bridgehead atoms. The Hall–Kier alpha value is -1.95. The number of benzene rings is 1. The Labute approximate surface area is 157 Å². The lowest BCUT2D eigenvalue weighted by Crippen LogP contribution is -2.45. The van der Waals surface area contributed by atoms with Crippen molar-refractivity contribution in [2.45, 2.75) is 26.9 Å². The average molecular weight is 369 g/mol. The molecule has 0 unspecified atom stereocenters. The summed E-state index contributed by atoms with van der Waals surface area (Å²) >= 11 is 1.83. The van der Waals surface area contributed by atoms with Crippen LogP contribution >= 0.6 is 11.3 Å². The summed E-state index contributed by atoms with van der Waals surface area (Å²) < 4.78 is 5.42. The molecule has 5 heteroatoms. The second-order valence-electron chi connectivity index (χ2n) is 7.15. The minimum atomic E-state index is -0.257. The zero-order chi connectivity index (χ0) is 18.1. The Morgan fingerprint density at radius 1 is 1.00 bits per heavy atom. The molecule has 1 aliphatic rings. The van der Waals surface area contributed by atoms with Crippen molar-refractivity contribution >= 4 is 22.3 Å². The van der Waals surface area contributed by atoms with Gasteiger partial charge in [-0.2, -0.15) is 0 Å². The molecule has 2 aromatic heterocycles. The van der Waals surface area contributed by atoms with E-state index in [1.54, 1.807) is 6.07 Å². The predicted octanol–water partition coefficient (Wildman–Crippen LogP) is 3.79. The second-order valence-corrected chi connectivity index (χ2v) is 8.19. The standard InChI is InChI=1S/C21H24N2O2S/c1-15-10-19-17(12-21(24)25-20(19)11-16(15)2)13-22-5-7-23(8-6-22)14-18-4-3-9-26-18/h3-4,9-12H,5-8,13-14H2,1-2H3. The molecule has 1 aliphatic heterocycles. The molecule has 4 rings (SSSR count). The van der Waals surface area contributed by atoms with Gasteiger partial charge in [0.1, 0.15) is 5.58 Å². The van der Waals surface area contributed by atoms with E-state index in [1.807, 2.05) is 24.3 Å². The number of fused-ring (bicyclic) bond motifs is 1. The molecule has 0 atom stereocenters. The van der Waals surface area contributed by atoms with Crippen molar-refractivity contribution < 1.29 is 4.42 Å². The largest absolute Gasteiger partial charge is 0.423 e. The van der Waals surface area contributed by atoms with E-state index in [9.17, 15) is 4.79 Å². The maximum atomic E-state index is 12.0. The van der Waals surface area contributed by atoms with E-state index in [-0.39, 0.29) is 5.63 Å². The molecule has 3 heterocycles. The Morgan fingerprint density at radius 2 is 1.69 bits per heavy atom. The fourth-order valence-electron chi connectivity index (χ4n) is 3.58. The number of nitrogens with zero attached hydrogens (tertiary/aromatic N) is 2. The van der Waals surface area contributed by atoms with Crippen LogP contribution in [0.15, 0.2) is 44.9 Å². The van der Waals surface area contributed by atoms with Gasteiger partial charge in [-0.3, -0.25) is 9.80 Å². The van der Waals surface area contributed by atoms with Crippen molar-refractivity contribution in [3.05, 3.63) is 67.7 Å². The van der Waals surface area contributed by atoms with Crippen molar-refractivity contribution in [2.24, 2.45) is 0 Å². The first-order valence-electron chi connectivity index (χ1n) is 9.09. The van der Waals surface area contributed by atoms with Gasteiger partial charge in [-0.25, -0.2) is 4.79 Å². The van der Waals surface area contributed by atoms with Crippen LogP contribution in [0.4, 0.5) is 0 Å². The lowest BCUT2D eigenvalue weighted by Gasteiger charge is -2.34. The highest BCUT2D eigenvalue weighted by molar-refractivity contribution is 7.09. The molecule has 26 heavy (non-hydrogen) atoms. The molecule has 1 aromatic carbocycles. The molecule has 1 fully saturated rings. The number of hydrogen-bond acceptors (Lipinski definition) is 5. The molecule has 136 valence electrons. The Balaban J connectivity index is 1.48. The van der Waals surface area contributed by atoms with E-state index in [0.29, 0.717) is 5.58 Å². The van der Waals surface area contributed by atoms with Crippen LogP contribution in [0.2, 0.25) is 0 Å². The third kappa shape index (κ3) is 3.75. The first kappa shape index (κ1) is 17.5. The first-order valence-corrected chi connectivity index (χ1v) is 9.97. The normalized spacial score (nSPS) is 16.4. The van der Waals surface area contributed by atoms with Gasteiger partial charge in [0.15, 0.2) is 0 Å². The molecule has 0 N–H and O–H groups in total. The van der Waals surface area contributed by atoms with Gasteiger partial charge in [-0.1, -0.05) is 6.07 Å². The van der Waals surface area contributed by atoms with Crippen LogP contribution in [0, 0.1) is 13.8 Å². The quantitative estimate of drug-likeness (QED) is 0.657. The monoisotopic (exact) mass is 368 g/mol. The van der Waals surface area contributed by atoms with Crippen LogP contribution in [-0.4, -0.2) is 36.0 Å². The molecule has 1 saturated heterocycles. The van der Waals surface area contributed by atoms with E-state index < -0.39 is 0 Å². The summed E-state index contributed by atoms with van der Waals surface area (Å²) in [7, 11) is 0. The van der Waals surface area contributed by atoms with Crippen LogP contribution in [0.1, 0.15) is 21.6 Å². The highest BCUT2D eigenvalue weighted by atomic mass is 32.1. The van der Waals surface area contributed by atoms with Crippen LogP contribution in [-0.2, 0) is 13.1 Å². The zero-order valence-corrected chi connectivity index (χ0v) is 16.1. The summed E-state index contributed by atoms with van der Waals surface area (Å²) in [5, 5.41) is 3.20. The average Bonchev–Trinajstić information content (AvgIpc) is 3.11. The molecular weight excluding hydrogens is 344 g/mol. The summed E-state index contributed by atoms with van der Waals surface area (Å²) in [5.41, 5.74) is 3.90. The SMILES string of the molecule is Cc1cc2oc(=O)cc(CN3CCN(Cc4cccs4)CC3)c2cc1C. The summed E-state index contributed by atoms with van der Waals surface area (Å²) in [6.07, 6.45) is 0. The maximum Gasteiger partial charge on any atom is 0.336 e. The number of piperazine rings is 1. The van der Waals surface area contributed by atoms with Crippen LogP contribution in [0.5, 0.6) is 0 Å². The minimum absolute atomic E-state index is 0.257. The van der Waals surface area contributed by atoms with Crippen LogP contribution in [0.3, 0.4) is 0 Å². The molecular formula is C21H24N2O2S. The summed E-state index contributed by atoms with van der Waals surface area (Å²) in [4.78, 5) is 18.4. The van der Waals surface area contributed by atoms with Crippen molar-refractivity contribution in [2.75, 3.05) is 26.2 Å². The van der Waals surface area contributed by atoms with Crippen molar-refractivity contribution in [1.29, 1.82) is 0 Å². The number of hydrogen-bond donors (Lipinski definition) is 0. The highest BCUT2D eigenvalue weighted by Gasteiger charge is 2.19. The number of rotatable bonds is 4. The number of thiophene rings is 1. The van der Waals surface area contributed by atoms with E-state index in [2.05, 4.69) is 40.3 Å². The van der Waals surface area contributed by atoms with Crippen molar-refractivity contribution in [3.8, 4) is 0 Å². The van der Waals surface area contributed by atoms with Gasteiger partial charge in [-0.05, 0) is 54.1 Å². The van der Waals surface area contributed by atoms with Crippen molar-refractivity contribution in [1.82, 2.24) is 9.80 Å². The fraction of sp³-hybridized carbons (Fsp3) is 0.381. The molecule has 0 spiro atoms. The van der Waals surface area contributed by atoms with Gasteiger partial charge < -0.3 is 4.42 Å². The lowest BCUT2D eigenvalue weighted by atomic mass is 10.0. The van der Waals surface area contributed by atoms with Crippen molar-refractivity contribution in [3.63, 3.8) is 0 Å². The third-order valence-electron chi connectivity index (χ3n) is 5.26. The van der Waals surface area contributed by atoms with Gasteiger partial charge in [0.05, 0.1) is 0 Å². The Bertz CT molecular complexity index is 954. The Morgan fingerprint density at radius 3 is 2.38 bits per heavy atom. The molecule has 3 aromatic rings.